The van der Waals surface area contributed by atoms with E-state index in [4.69, 9.17) is 9.15 Å². The van der Waals surface area contributed by atoms with Crippen LogP contribution >= 0.6 is 11.3 Å². The Morgan fingerprint density at radius 2 is 2.06 bits per heavy atom. The zero-order valence-corrected chi connectivity index (χ0v) is 22.0. The van der Waals surface area contributed by atoms with Crippen molar-refractivity contribution < 1.29 is 22.4 Å². The third-order valence-electron chi connectivity index (χ3n) is 5.72. The van der Waals surface area contributed by atoms with Crippen LogP contribution < -0.4 is 4.72 Å². The molecular weight excluding hydrogens is 486 g/mol. The maximum atomic E-state index is 12.9. The molecule has 2 aromatic heterocycles. The molecule has 35 heavy (non-hydrogen) atoms. The number of amides is 1. The molecule has 0 aliphatic heterocycles. The monoisotopic (exact) mass is 517 g/mol. The van der Waals surface area contributed by atoms with Crippen molar-refractivity contribution in [2.75, 3.05) is 11.3 Å². The minimum atomic E-state index is -3.73. The van der Waals surface area contributed by atoms with Crippen molar-refractivity contribution >= 4 is 33.1 Å². The zero-order chi connectivity index (χ0) is 25.2. The van der Waals surface area contributed by atoms with Gasteiger partial charge < -0.3 is 14.1 Å². The van der Waals surface area contributed by atoms with E-state index in [-0.39, 0.29) is 16.3 Å². The summed E-state index contributed by atoms with van der Waals surface area (Å²) in [5.74, 6) is 0.531. The highest BCUT2D eigenvalue weighted by molar-refractivity contribution is 7.94. The van der Waals surface area contributed by atoms with Crippen molar-refractivity contribution in [2.24, 2.45) is 0 Å². The Morgan fingerprint density at radius 1 is 1.26 bits per heavy atom. The van der Waals surface area contributed by atoms with Gasteiger partial charge >= 0.3 is 6.09 Å². The van der Waals surface area contributed by atoms with Crippen LogP contribution in [-0.4, -0.2) is 42.6 Å². The largest absolute Gasteiger partial charge is 0.444 e. The summed E-state index contributed by atoms with van der Waals surface area (Å²) in [5.41, 5.74) is 2.20. The van der Waals surface area contributed by atoms with E-state index in [1.807, 2.05) is 37.8 Å². The molecule has 4 rings (SSSR count). The average Bonchev–Trinajstić information content (AvgIpc) is 3.48. The fourth-order valence-corrected chi connectivity index (χ4v) is 6.50. The summed E-state index contributed by atoms with van der Waals surface area (Å²) in [4.78, 5) is 19.2. The number of aryl methyl sites for hydroxylation is 1. The molecule has 10 heteroatoms. The number of carbonyl (C=O) groups excluding carboxylic acids is 1. The average molecular weight is 518 g/mol. The number of aromatic nitrogens is 1. The quantitative estimate of drug-likeness (QED) is 0.431. The van der Waals surface area contributed by atoms with Gasteiger partial charge in [-0.2, -0.15) is 0 Å². The zero-order valence-electron chi connectivity index (χ0n) is 20.4. The van der Waals surface area contributed by atoms with E-state index in [0.29, 0.717) is 29.3 Å². The van der Waals surface area contributed by atoms with Gasteiger partial charge in [0.25, 0.3) is 10.0 Å². The molecule has 0 saturated heterocycles. The lowest BCUT2D eigenvalue weighted by Gasteiger charge is -2.36. The van der Waals surface area contributed by atoms with E-state index in [2.05, 4.69) is 16.6 Å². The number of fused-ring (bicyclic) bond motifs is 1. The normalized spacial score (nSPS) is 15.9. The second-order valence-electron chi connectivity index (χ2n) is 9.64. The molecule has 0 spiro atoms. The summed E-state index contributed by atoms with van der Waals surface area (Å²) < 4.78 is 39.7. The van der Waals surface area contributed by atoms with Gasteiger partial charge in [-0.25, -0.2) is 18.2 Å². The van der Waals surface area contributed by atoms with Gasteiger partial charge in [0.05, 0.1) is 11.1 Å². The predicted molar refractivity (Wildman–Crippen MR) is 136 cm³/mol. The smallest absolute Gasteiger partial charge is 0.410 e. The van der Waals surface area contributed by atoms with Gasteiger partial charge in [-0.05, 0) is 81.8 Å². The van der Waals surface area contributed by atoms with Gasteiger partial charge in [0.1, 0.15) is 9.81 Å². The van der Waals surface area contributed by atoms with Gasteiger partial charge in [-0.15, -0.1) is 11.3 Å². The molecule has 0 saturated carbocycles. The number of hydrogen-bond acceptors (Lipinski definition) is 7. The Labute approximate surface area is 210 Å². The summed E-state index contributed by atoms with van der Waals surface area (Å²) in [6.07, 6.45) is 5.71. The maximum Gasteiger partial charge on any atom is 0.410 e. The number of benzene rings is 1. The molecule has 1 atom stereocenters. The predicted octanol–water partition coefficient (Wildman–Crippen LogP) is 5.71. The number of hydrogen-bond donors (Lipinski definition) is 1. The first-order valence-electron chi connectivity index (χ1n) is 11.7. The maximum absolute atomic E-state index is 12.9. The first kappa shape index (κ1) is 25.2. The molecule has 188 valence electrons. The second-order valence-corrected chi connectivity index (χ2v) is 12.6. The van der Waals surface area contributed by atoms with E-state index >= 15 is 0 Å². The number of nitrogens with zero attached hydrogens (tertiary/aromatic N) is 2. The Hall–Kier alpha value is -2.85. The van der Waals surface area contributed by atoms with Crippen LogP contribution in [-0.2, 0) is 27.6 Å². The van der Waals surface area contributed by atoms with Crippen molar-refractivity contribution in [3.63, 3.8) is 0 Å². The topological polar surface area (TPSA) is 102 Å². The summed E-state index contributed by atoms with van der Waals surface area (Å²) in [7, 11) is -3.73. The number of rotatable bonds is 7. The molecular formula is C25H31N3O5S2. The van der Waals surface area contributed by atoms with Crippen molar-refractivity contribution in [3.05, 3.63) is 54.0 Å². The molecule has 0 fully saturated rings. The van der Waals surface area contributed by atoms with Crippen molar-refractivity contribution in [1.29, 1.82) is 0 Å². The van der Waals surface area contributed by atoms with Gasteiger partial charge in [0, 0.05) is 18.3 Å². The first-order valence-corrected chi connectivity index (χ1v) is 14.0. The highest BCUT2D eigenvalue weighted by Crippen LogP contribution is 2.33. The van der Waals surface area contributed by atoms with Crippen molar-refractivity contribution in [2.45, 2.75) is 69.2 Å². The van der Waals surface area contributed by atoms with Crippen LogP contribution in [0.2, 0.25) is 0 Å². The molecule has 1 aliphatic rings. The Balaban J connectivity index is 1.47. The number of sulfonamides is 1. The summed E-state index contributed by atoms with van der Waals surface area (Å²) >= 11 is 1.13. The Kier molecular flexibility index (Phi) is 7.23. The molecule has 0 bridgehead atoms. The fraction of sp³-hybridized carbons (Fsp3) is 0.440. The van der Waals surface area contributed by atoms with E-state index in [1.54, 1.807) is 24.4 Å². The minimum Gasteiger partial charge on any atom is -0.444 e. The summed E-state index contributed by atoms with van der Waals surface area (Å²) in [6.45, 7) is 8.31. The molecule has 1 N–H and O–H groups in total. The minimum absolute atomic E-state index is 0.0560. The molecule has 0 radical (unpaired) electrons. The van der Waals surface area contributed by atoms with Crippen LogP contribution in [0.25, 0.3) is 10.6 Å². The van der Waals surface area contributed by atoms with E-state index < -0.39 is 15.6 Å². The van der Waals surface area contributed by atoms with Gasteiger partial charge in [0.15, 0.2) is 12.2 Å². The van der Waals surface area contributed by atoms with Crippen LogP contribution in [0.3, 0.4) is 0 Å². The molecule has 1 aliphatic carbocycles. The highest BCUT2D eigenvalue weighted by Gasteiger charge is 2.31. The van der Waals surface area contributed by atoms with Crippen LogP contribution in [0.1, 0.15) is 51.7 Å². The van der Waals surface area contributed by atoms with Crippen molar-refractivity contribution in [1.82, 2.24) is 9.88 Å². The Morgan fingerprint density at radius 3 is 2.74 bits per heavy atom. The van der Waals surface area contributed by atoms with Crippen LogP contribution in [0.15, 0.2) is 51.5 Å². The third-order valence-corrected chi connectivity index (χ3v) is 8.69. The lowest BCUT2D eigenvalue weighted by Crippen LogP contribution is -2.46. The van der Waals surface area contributed by atoms with Gasteiger partial charge in [-0.1, -0.05) is 13.0 Å². The van der Waals surface area contributed by atoms with Gasteiger partial charge in [-0.3, -0.25) is 4.72 Å². The van der Waals surface area contributed by atoms with Crippen LogP contribution in [0, 0.1) is 0 Å². The number of thiophene rings is 1. The third kappa shape index (κ3) is 6.05. The second kappa shape index (κ2) is 10.0. The molecule has 2 heterocycles. The highest BCUT2D eigenvalue weighted by atomic mass is 32.2. The van der Waals surface area contributed by atoms with Crippen molar-refractivity contribution in [3.8, 4) is 10.6 Å². The summed E-state index contributed by atoms with van der Waals surface area (Å²) in [5, 5.41) is 0. The number of nitrogens with one attached hydrogen (secondary N) is 1. The van der Waals surface area contributed by atoms with Crippen LogP contribution in [0.4, 0.5) is 10.5 Å². The number of oxazole rings is 1. The Bertz CT molecular complexity index is 1280. The van der Waals surface area contributed by atoms with E-state index in [9.17, 15) is 13.2 Å². The fourth-order valence-electron chi connectivity index (χ4n) is 4.19. The van der Waals surface area contributed by atoms with Crippen LogP contribution in [0.5, 0.6) is 0 Å². The molecule has 0 unspecified atom stereocenters. The SMILES string of the molecule is CCCN(C(=O)OC(C)(C)C)[C@@H]1CCc2cc(NS(=O)(=O)c3ccc(-c4cnco4)s3)ccc2C1. The van der Waals surface area contributed by atoms with Gasteiger partial charge in [0.2, 0.25) is 0 Å². The molecule has 3 aromatic rings. The molecule has 1 amide bonds. The van der Waals surface area contributed by atoms with E-state index in [0.717, 1.165) is 41.7 Å². The molecule has 1 aromatic carbocycles. The standard InChI is InChI=1S/C25H31N3O5S2/c1-5-12-28(24(29)33-25(2,3)4)20-9-7-17-13-19(8-6-18(17)14-20)27-35(30,31)23-11-10-22(34-23)21-15-26-16-32-21/h6,8,10-11,13,15-16,20,27H,5,7,9,12,14H2,1-4H3/t20-/m1/s1. The number of anilines is 1. The molecule has 8 nitrogen and oxygen atoms in total. The summed E-state index contributed by atoms with van der Waals surface area (Å²) in [6, 6.07) is 8.95. The number of ether oxygens (including phenoxy) is 1. The lowest BCUT2D eigenvalue weighted by molar-refractivity contribution is 0.0146. The lowest BCUT2D eigenvalue weighted by atomic mass is 9.87. The first-order chi connectivity index (χ1) is 16.6. The number of carbonyl (C=O) groups is 1. The van der Waals surface area contributed by atoms with E-state index in [1.165, 1.54) is 6.39 Å².